The molecule has 0 radical (unpaired) electrons. The number of nitrogens with two attached hydrogens (primary N) is 1. The summed E-state index contributed by atoms with van der Waals surface area (Å²) in [7, 11) is 0. The number of anilines is 1. The number of rotatable bonds is 3. The Morgan fingerprint density at radius 1 is 1.06 bits per heavy atom. The second kappa shape index (κ2) is 6.08. The number of nitrogen functional groups attached to an aromatic ring is 1. The molecule has 0 unspecified atom stereocenters. The van der Waals surface area contributed by atoms with Gasteiger partial charge in [-0.25, -0.2) is 4.39 Å². The van der Waals surface area contributed by atoms with Gasteiger partial charge in [-0.05, 0) is 51.8 Å². The van der Waals surface area contributed by atoms with E-state index >= 15 is 0 Å². The third-order valence-corrected chi connectivity index (χ3v) is 5.13. The van der Waals surface area contributed by atoms with E-state index in [1.807, 2.05) is 18.2 Å². The van der Waals surface area contributed by atoms with E-state index in [1.165, 1.54) is 12.1 Å². The lowest BCUT2D eigenvalue weighted by Gasteiger charge is -2.07. The molecule has 0 amide bonds. The summed E-state index contributed by atoms with van der Waals surface area (Å²) in [5.41, 5.74) is 7.48. The van der Waals surface area contributed by atoms with Gasteiger partial charge in [-0.1, -0.05) is 22.0 Å². The minimum absolute atomic E-state index is 0.232. The minimum atomic E-state index is -0.232. The molecule has 0 aromatic heterocycles. The van der Waals surface area contributed by atoms with Crippen LogP contribution in [0, 0.1) is 5.82 Å². The monoisotopic (exact) mass is 389 g/mol. The minimum Gasteiger partial charge on any atom is -0.399 e. The van der Waals surface area contributed by atoms with Gasteiger partial charge in [0.25, 0.3) is 0 Å². The molecule has 0 bridgehead atoms. The third kappa shape index (κ3) is 3.49. The van der Waals surface area contributed by atoms with Crippen molar-refractivity contribution >= 4 is 49.3 Å². The molecule has 0 saturated carbocycles. The lowest BCUT2D eigenvalue weighted by molar-refractivity contribution is 0.626. The summed E-state index contributed by atoms with van der Waals surface area (Å²) in [5.74, 6) is 0.535. The van der Waals surface area contributed by atoms with Gasteiger partial charge in [0, 0.05) is 25.3 Å². The molecule has 2 aromatic rings. The molecule has 2 N–H and O–H groups in total. The van der Waals surface area contributed by atoms with E-state index < -0.39 is 0 Å². The maximum Gasteiger partial charge on any atom is 0.124 e. The molecule has 1 nitrogen and oxygen atoms in total. The molecule has 0 aliphatic heterocycles. The van der Waals surface area contributed by atoms with Crippen molar-refractivity contribution in [1.29, 1.82) is 0 Å². The predicted molar refractivity (Wildman–Crippen MR) is 82.2 cm³/mol. The third-order valence-electron chi connectivity index (χ3n) is 2.35. The summed E-state index contributed by atoms with van der Waals surface area (Å²) in [5, 5.41) is 0. The highest BCUT2D eigenvalue weighted by Gasteiger charge is 2.05. The van der Waals surface area contributed by atoms with Gasteiger partial charge in [-0.3, -0.25) is 0 Å². The predicted octanol–water partition coefficient (Wildman–Crippen LogP) is 5.23. The smallest absolute Gasteiger partial charge is 0.124 e. The van der Waals surface area contributed by atoms with Gasteiger partial charge in [0.1, 0.15) is 5.82 Å². The quantitative estimate of drug-likeness (QED) is 0.573. The van der Waals surface area contributed by atoms with Gasteiger partial charge >= 0.3 is 0 Å². The fraction of sp³-hybridized carbons (Fsp3) is 0.0769. The summed E-state index contributed by atoms with van der Waals surface area (Å²) < 4.78 is 14.7. The van der Waals surface area contributed by atoms with E-state index in [9.17, 15) is 4.39 Å². The van der Waals surface area contributed by atoms with Crippen molar-refractivity contribution in [1.82, 2.24) is 0 Å². The Balaban J connectivity index is 2.11. The summed E-state index contributed by atoms with van der Waals surface area (Å²) in [6.45, 7) is 0. The van der Waals surface area contributed by atoms with Gasteiger partial charge in [-0.2, -0.15) is 0 Å². The van der Waals surface area contributed by atoms with Crippen LogP contribution in [0.1, 0.15) is 5.56 Å². The van der Waals surface area contributed by atoms with Crippen LogP contribution in [-0.2, 0) is 5.75 Å². The number of thioether (sulfide) groups is 1. The van der Waals surface area contributed by atoms with Crippen molar-refractivity contribution in [3.8, 4) is 0 Å². The van der Waals surface area contributed by atoms with Crippen molar-refractivity contribution in [3.05, 3.63) is 56.7 Å². The average molecular weight is 391 g/mol. The second-order valence-electron chi connectivity index (χ2n) is 3.71. The first-order valence-electron chi connectivity index (χ1n) is 5.18. The second-order valence-corrected chi connectivity index (χ2v) is 6.44. The maximum atomic E-state index is 13.0. The zero-order valence-electron chi connectivity index (χ0n) is 9.29. The molecular formula is C13H10Br2FNS. The van der Waals surface area contributed by atoms with Crippen LogP contribution >= 0.6 is 43.6 Å². The van der Waals surface area contributed by atoms with Crippen molar-refractivity contribution in [2.45, 2.75) is 10.6 Å². The molecular weight excluding hydrogens is 381 g/mol. The van der Waals surface area contributed by atoms with Crippen LogP contribution in [0.4, 0.5) is 10.1 Å². The molecule has 94 valence electrons. The fourth-order valence-corrected chi connectivity index (χ4v) is 3.77. The topological polar surface area (TPSA) is 26.0 Å². The molecule has 0 aliphatic rings. The van der Waals surface area contributed by atoms with E-state index in [1.54, 1.807) is 17.8 Å². The number of benzene rings is 2. The Hall–Kier alpha value is -0.520. The van der Waals surface area contributed by atoms with Crippen molar-refractivity contribution in [2.75, 3.05) is 5.73 Å². The first kappa shape index (κ1) is 13.9. The fourth-order valence-electron chi connectivity index (χ4n) is 1.43. The van der Waals surface area contributed by atoms with Crippen molar-refractivity contribution in [3.63, 3.8) is 0 Å². The molecule has 2 aromatic carbocycles. The van der Waals surface area contributed by atoms with Gasteiger partial charge in [0.2, 0.25) is 0 Å². The van der Waals surface area contributed by atoms with Crippen LogP contribution in [0.5, 0.6) is 0 Å². The zero-order valence-corrected chi connectivity index (χ0v) is 13.3. The lowest BCUT2D eigenvalue weighted by Crippen LogP contribution is -1.87. The largest absolute Gasteiger partial charge is 0.399 e. The van der Waals surface area contributed by atoms with E-state index in [4.69, 9.17) is 5.73 Å². The molecule has 18 heavy (non-hydrogen) atoms. The molecule has 0 atom stereocenters. The molecule has 0 heterocycles. The van der Waals surface area contributed by atoms with E-state index in [2.05, 4.69) is 31.9 Å². The lowest BCUT2D eigenvalue weighted by atomic mass is 10.2. The summed E-state index contributed by atoms with van der Waals surface area (Å²) in [6, 6.07) is 10.5. The highest BCUT2D eigenvalue weighted by molar-refractivity contribution is 9.10. The molecule has 0 spiro atoms. The average Bonchev–Trinajstić information content (AvgIpc) is 2.30. The number of hydrogen-bond donors (Lipinski definition) is 1. The normalized spacial score (nSPS) is 10.6. The Morgan fingerprint density at radius 3 is 2.50 bits per heavy atom. The van der Waals surface area contributed by atoms with Gasteiger partial charge < -0.3 is 5.73 Å². The van der Waals surface area contributed by atoms with Crippen LogP contribution in [0.15, 0.2) is 50.2 Å². The van der Waals surface area contributed by atoms with Crippen LogP contribution in [-0.4, -0.2) is 0 Å². The molecule has 5 heteroatoms. The van der Waals surface area contributed by atoms with Crippen LogP contribution in [0.25, 0.3) is 0 Å². The summed E-state index contributed by atoms with van der Waals surface area (Å²) in [6.07, 6.45) is 0. The molecule has 0 aliphatic carbocycles. The van der Waals surface area contributed by atoms with E-state index in [0.717, 1.165) is 30.8 Å². The Morgan fingerprint density at radius 2 is 1.83 bits per heavy atom. The highest BCUT2D eigenvalue weighted by Crippen LogP contribution is 2.33. The first-order valence-corrected chi connectivity index (χ1v) is 7.75. The maximum absolute atomic E-state index is 13.0. The highest BCUT2D eigenvalue weighted by atomic mass is 79.9. The van der Waals surface area contributed by atoms with Crippen molar-refractivity contribution in [2.24, 2.45) is 0 Å². The van der Waals surface area contributed by atoms with Crippen LogP contribution < -0.4 is 5.73 Å². The molecule has 2 rings (SSSR count). The summed E-state index contributed by atoms with van der Waals surface area (Å²) >= 11 is 8.52. The van der Waals surface area contributed by atoms with Crippen molar-refractivity contribution < 1.29 is 4.39 Å². The van der Waals surface area contributed by atoms with Crippen LogP contribution in [0.2, 0.25) is 0 Å². The molecule has 0 saturated heterocycles. The van der Waals surface area contributed by atoms with E-state index in [-0.39, 0.29) is 5.82 Å². The van der Waals surface area contributed by atoms with Crippen LogP contribution in [0.3, 0.4) is 0 Å². The Kier molecular flexibility index (Phi) is 4.70. The van der Waals surface area contributed by atoms with Gasteiger partial charge in [-0.15, -0.1) is 11.8 Å². The molecule has 0 fully saturated rings. The SMILES string of the molecule is Nc1ccc(SCc2ccc(F)cc2Br)c(Br)c1. The van der Waals surface area contributed by atoms with Gasteiger partial charge in [0.05, 0.1) is 0 Å². The van der Waals surface area contributed by atoms with Gasteiger partial charge in [0.15, 0.2) is 0 Å². The van der Waals surface area contributed by atoms with E-state index in [0.29, 0.717) is 0 Å². The number of halogens is 3. The first-order chi connectivity index (χ1) is 8.56. The Labute approximate surface area is 126 Å². The summed E-state index contributed by atoms with van der Waals surface area (Å²) in [4.78, 5) is 1.11. The Bertz CT molecular complexity index is 523. The number of hydrogen-bond acceptors (Lipinski definition) is 2. The standard InChI is InChI=1S/C13H10Br2FNS/c14-11-5-9(16)2-1-8(11)7-18-13-4-3-10(17)6-12(13)15/h1-6H,7,17H2. The zero-order chi connectivity index (χ0) is 13.1.